The average Bonchev–Trinajstić information content (AvgIpc) is 2.16. The predicted molar refractivity (Wildman–Crippen MR) is 57.1 cm³/mol. The lowest BCUT2D eigenvalue weighted by Crippen LogP contribution is -2.35. The van der Waals surface area contributed by atoms with Crippen LogP contribution in [0.25, 0.3) is 0 Å². The maximum Gasteiger partial charge on any atom is 0.373 e. The van der Waals surface area contributed by atoms with E-state index >= 15 is 0 Å². The summed E-state index contributed by atoms with van der Waals surface area (Å²) in [4.78, 5) is 22.1. The van der Waals surface area contributed by atoms with E-state index in [1.54, 1.807) is 38.1 Å². The van der Waals surface area contributed by atoms with Crippen LogP contribution in [0.4, 0.5) is 0 Å². The lowest BCUT2D eigenvalue weighted by atomic mass is 9.80. The van der Waals surface area contributed by atoms with Gasteiger partial charge >= 0.3 is 5.97 Å². The molecule has 0 aliphatic carbocycles. The van der Waals surface area contributed by atoms with Crippen LogP contribution >= 0.6 is 11.6 Å². The summed E-state index contributed by atoms with van der Waals surface area (Å²) >= 11 is 5.91. The van der Waals surface area contributed by atoms with Gasteiger partial charge in [-0.1, -0.05) is 29.8 Å². The van der Waals surface area contributed by atoms with E-state index in [0.29, 0.717) is 10.6 Å². The second-order valence-electron chi connectivity index (χ2n) is 3.74. The number of hydrogen-bond acceptors (Lipinski definition) is 2. The number of benzene rings is 1. The Morgan fingerprint density at radius 3 is 2.27 bits per heavy atom. The lowest BCUT2D eigenvalue weighted by Gasteiger charge is -2.22. The first kappa shape index (κ1) is 11.7. The van der Waals surface area contributed by atoms with E-state index in [1.807, 2.05) is 0 Å². The van der Waals surface area contributed by atoms with E-state index in [4.69, 9.17) is 16.7 Å². The highest BCUT2D eigenvalue weighted by Gasteiger charge is 2.35. The van der Waals surface area contributed by atoms with Gasteiger partial charge in [0, 0.05) is 5.02 Å². The molecule has 0 saturated heterocycles. The minimum absolute atomic E-state index is 0.400. The largest absolute Gasteiger partial charge is 0.475 e. The van der Waals surface area contributed by atoms with E-state index in [2.05, 4.69) is 0 Å². The Hall–Kier alpha value is -1.35. The fourth-order valence-corrected chi connectivity index (χ4v) is 1.73. The SMILES string of the molecule is CC(C)(C(=O)C(=O)O)c1ccccc1Cl. The highest BCUT2D eigenvalue weighted by molar-refractivity contribution is 6.37. The molecular weight excluding hydrogens is 216 g/mol. The van der Waals surface area contributed by atoms with Gasteiger partial charge in [0.1, 0.15) is 0 Å². The van der Waals surface area contributed by atoms with Crippen LogP contribution < -0.4 is 0 Å². The molecule has 1 aromatic carbocycles. The first-order valence-corrected chi connectivity index (χ1v) is 4.78. The third-order valence-corrected chi connectivity index (χ3v) is 2.64. The maximum atomic E-state index is 11.5. The first-order chi connectivity index (χ1) is 6.87. The Kier molecular flexibility index (Phi) is 3.15. The molecule has 80 valence electrons. The Labute approximate surface area is 92.7 Å². The number of aliphatic carboxylic acids is 1. The van der Waals surface area contributed by atoms with E-state index < -0.39 is 17.2 Å². The molecule has 0 amide bonds. The second kappa shape index (κ2) is 4.03. The maximum absolute atomic E-state index is 11.5. The van der Waals surface area contributed by atoms with Crippen LogP contribution in [0.15, 0.2) is 24.3 Å². The molecule has 1 aromatic rings. The van der Waals surface area contributed by atoms with Crippen LogP contribution in [0.3, 0.4) is 0 Å². The van der Waals surface area contributed by atoms with Crippen molar-refractivity contribution < 1.29 is 14.7 Å². The summed E-state index contributed by atoms with van der Waals surface area (Å²) in [7, 11) is 0. The van der Waals surface area contributed by atoms with Gasteiger partial charge in [0.15, 0.2) is 0 Å². The number of ketones is 1. The van der Waals surface area contributed by atoms with Crippen LogP contribution in [0, 0.1) is 0 Å². The number of rotatable bonds is 3. The molecule has 0 aromatic heterocycles. The van der Waals surface area contributed by atoms with Crippen molar-refractivity contribution in [2.75, 3.05) is 0 Å². The average molecular weight is 227 g/mol. The summed E-state index contributed by atoms with van der Waals surface area (Å²) in [6, 6.07) is 6.74. The fourth-order valence-electron chi connectivity index (χ4n) is 1.36. The number of Topliss-reactive ketones (excluding diaryl/α,β-unsaturated/α-hetero) is 1. The number of carbonyl (C=O) groups excluding carboxylic acids is 1. The van der Waals surface area contributed by atoms with Gasteiger partial charge in [-0.15, -0.1) is 0 Å². The Bertz CT molecular complexity index is 410. The smallest absolute Gasteiger partial charge is 0.373 e. The number of carboxylic acid groups (broad SMARTS) is 1. The van der Waals surface area contributed by atoms with E-state index in [1.165, 1.54) is 0 Å². The monoisotopic (exact) mass is 226 g/mol. The van der Waals surface area contributed by atoms with E-state index in [0.717, 1.165) is 0 Å². The van der Waals surface area contributed by atoms with Gasteiger partial charge in [0.05, 0.1) is 5.41 Å². The molecule has 4 heteroatoms. The van der Waals surface area contributed by atoms with Gasteiger partial charge in [-0.2, -0.15) is 0 Å². The topological polar surface area (TPSA) is 54.4 Å². The molecular formula is C11H11ClO3. The molecule has 0 spiro atoms. The molecule has 0 atom stereocenters. The second-order valence-corrected chi connectivity index (χ2v) is 4.15. The molecule has 0 saturated carbocycles. The number of halogens is 1. The summed E-state index contributed by atoms with van der Waals surface area (Å²) in [6.07, 6.45) is 0. The standard InChI is InChI=1S/C11H11ClO3/c1-11(2,9(13)10(14)15)7-5-3-4-6-8(7)12/h3-6H,1-2H3,(H,14,15). The zero-order valence-electron chi connectivity index (χ0n) is 8.45. The minimum Gasteiger partial charge on any atom is -0.475 e. The van der Waals surface area contributed by atoms with Gasteiger partial charge < -0.3 is 5.11 Å². The van der Waals surface area contributed by atoms with Gasteiger partial charge in [-0.05, 0) is 25.5 Å². The highest BCUT2D eigenvalue weighted by Crippen LogP contribution is 2.30. The van der Waals surface area contributed by atoms with Crippen molar-refractivity contribution >= 4 is 23.4 Å². The fraction of sp³-hybridized carbons (Fsp3) is 0.273. The first-order valence-electron chi connectivity index (χ1n) is 4.40. The molecule has 0 aliphatic heterocycles. The summed E-state index contributed by atoms with van der Waals surface area (Å²) < 4.78 is 0. The van der Waals surface area contributed by atoms with Gasteiger partial charge in [0.25, 0.3) is 0 Å². The van der Waals surface area contributed by atoms with Crippen molar-refractivity contribution in [1.82, 2.24) is 0 Å². The molecule has 0 bridgehead atoms. The molecule has 1 N–H and O–H groups in total. The van der Waals surface area contributed by atoms with Gasteiger partial charge in [-0.3, -0.25) is 4.79 Å². The Balaban J connectivity index is 3.22. The van der Waals surface area contributed by atoms with Crippen LogP contribution in [0.2, 0.25) is 5.02 Å². The van der Waals surface area contributed by atoms with Crippen molar-refractivity contribution in [2.45, 2.75) is 19.3 Å². The molecule has 1 rings (SSSR count). The normalized spacial score (nSPS) is 11.1. The number of carbonyl (C=O) groups is 2. The van der Waals surface area contributed by atoms with Crippen molar-refractivity contribution in [3.8, 4) is 0 Å². The molecule has 0 fully saturated rings. The Morgan fingerprint density at radius 1 is 1.27 bits per heavy atom. The molecule has 0 heterocycles. The molecule has 0 radical (unpaired) electrons. The van der Waals surface area contributed by atoms with Crippen LogP contribution in [0.1, 0.15) is 19.4 Å². The van der Waals surface area contributed by atoms with Crippen molar-refractivity contribution in [1.29, 1.82) is 0 Å². The lowest BCUT2D eigenvalue weighted by molar-refractivity contribution is -0.151. The molecule has 3 nitrogen and oxygen atoms in total. The quantitative estimate of drug-likeness (QED) is 0.805. The Morgan fingerprint density at radius 2 is 1.80 bits per heavy atom. The van der Waals surface area contributed by atoms with Crippen molar-refractivity contribution in [3.05, 3.63) is 34.9 Å². The third-order valence-electron chi connectivity index (χ3n) is 2.31. The molecule has 0 aliphatic rings. The predicted octanol–water partition coefficient (Wildman–Crippen LogP) is 2.27. The number of hydrogen-bond donors (Lipinski definition) is 1. The van der Waals surface area contributed by atoms with E-state index in [-0.39, 0.29) is 0 Å². The molecule has 15 heavy (non-hydrogen) atoms. The van der Waals surface area contributed by atoms with Crippen LogP contribution in [-0.4, -0.2) is 16.9 Å². The zero-order valence-corrected chi connectivity index (χ0v) is 9.21. The summed E-state index contributed by atoms with van der Waals surface area (Å²) in [5, 5.41) is 9.08. The van der Waals surface area contributed by atoms with Crippen LogP contribution in [-0.2, 0) is 15.0 Å². The summed E-state index contributed by atoms with van der Waals surface area (Å²) in [5.41, 5.74) is -0.580. The zero-order chi connectivity index (χ0) is 11.6. The van der Waals surface area contributed by atoms with E-state index in [9.17, 15) is 9.59 Å². The molecule has 0 unspecified atom stereocenters. The van der Waals surface area contributed by atoms with Crippen LogP contribution in [0.5, 0.6) is 0 Å². The summed E-state index contributed by atoms with van der Waals surface area (Å²) in [6.45, 7) is 3.09. The highest BCUT2D eigenvalue weighted by atomic mass is 35.5. The minimum atomic E-state index is -1.44. The van der Waals surface area contributed by atoms with Crippen molar-refractivity contribution in [2.24, 2.45) is 0 Å². The van der Waals surface area contributed by atoms with Crippen molar-refractivity contribution in [3.63, 3.8) is 0 Å². The third kappa shape index (κ3) is 2.18. The number of carboxylic acids is 1. The van der Waals surface area contributed by atoms with Gasteiger partial charge in [-0.25, -0.2) is 4.79 Å². The summed E-state index contributed by atoms with van der Waals surface area (Å²) in [5.74, 6) is -2.31. The van der Waals surface area contributed by atoms with Gasteiger partial charge in [0.2, 0.25) is 5.78 Å².